The van der Waals surface area contributed by atoms with E-state index in [0.29, 0.717) is 11.4 Å². The topological polar surface area (TPSA) is 108 Å². The highest BCUT2D eigenvalue weighted by Crippen LogP contribution is 2.54. The van der Waals surface area contributed by atoms with Gasteiger partial charge in [-0.2, -0.15) is 0 Å². The Labute approximate surface area is 166 Å². The molecule has 4 rings (SSSR count). The largest absolute Gasteiger partial charge is 0.497 e. The van der Waals surface area contributed by atoms with Crippen LogP contribution in [0.25, 0.3) is 0 Å². The number of hydrogen-bond donors (Lipinski definition) is 0. The van der Waals surface area contributed by atoms with Crippen molar-refractivity contribution in [3.05, 3.63) is 36.4 Å². The molecule has 29 heavy (non-hydrogen) atoms. The maximum absolute atomic E-state index is 13.3. The number of amides is 2. The molecule has 4 atom stereocenters. The van der Waals surface area contributed by atoms with Gasteiger partial charge in [-0.25, -0.2) is 4.90 Å². The number of fused-ring (bicyclic) bond motifs is 5. The Morgan fingerprint density at radius 3 is 2.45 bits per heavy atom. The van der Waals surface area contributed by atoms with E-state index in [0.717, 1.165) is 18.7 Å². The van der Waals surface area contributed by atoms with Crippen molar-refractivity contribution in [3.63, 3.8) is 0 Å². The highest BCUT2D eigenvalue weighted by atomic mass is 16.7. The monoisotopic (exact) mass is 401 g/mol. The van der Waals surface area contributed by atoms with Gasteiger partial charge in [-0.3, -0.25) is 19.2 Å². The van der Waals surface area contributed by atoms with Crippen LogP contribution in [0.2, 0.25) is 0 Å². The smallest absolute Gasteiger partial charge is 0.305 e. The fourth-order valence-corrected chi connectivity index (χ4v) is 4.22. The summed E-state index contributed by atoms with van der Waals surface area (Å²) >= 11 is 0. The van der Waals surface area contributed by atoms with Crippen molar-refractivity contribution in [1.82, 2.24) is 0 Å². The van der Waals surface area contributed by atoms with Crippen LogP contribution in [0, 0.1) is 11.8 Å². The Bertz CT molecular complexity index is 924. The van der Waals surface area contributed by atoms with Crippen LogP contribution in [0.1, 0.15) is 13.8 Å². The highest BCUT2D eigenvalue weighted by molar-refractivity contribution is 6.23. The van der Waals surface area contributed by atoms with Gasteiger partial charge in [-0.1, -0.05) is 12.1 Å². The molecular formula is C20H19NO8. The van der Waals surface area contributed by atoms with Crippen LogP contribution in [0.4, 0.5) is 5.69 Å². The summed E-state index contributed by atoms with van der Waals surface area (Å²) in [6.07, 6.45) is 0.980. The summed E-state index contributed by atoms with van der Waals surface area (Å²) in [5.74, 6) is -3.71. The summed E-state index contributed by atoms with van der Waals surface area (Å²) in [5.41, 5.74) is -1.20. The lowest BCUT2D eigenvalue weighted by molar-refractivity contribution is -0.226. The number of carbonyl (C=O) groups is 4. The molecule has 152 valence electrons. The molecule has 0 radical (unpaired) electrons. The Kier molecular flexibility index (Phi) is 4.42. The number of carbonyl (C=O) groups excluding carboxylic acids is 4. The molecular weight excluding hydrogens is 382 g/mol. The van der Waals surface area contributed by atoms with Gasteiger partial charge in [0.15, 0.2) is 5.60 Å². The van der Waals surface area contributed by atoms with E-state index < -0.39 is 53.6 Å². The third kappa shape index (κ3) is 2.80. The number of hydrogen-bond acceptors (Lipinski definition) is 8. The summed E-state index contributed by atoms with van der Waals surface area (Å²) in [5, 5.41) is 0. The quantitative estimate of drug-likeness (QED) is 0.311. The molecule has 0 spiro atoms. The van der Waals surface area contributed by atoms with Crippen molar-refractivity contribution in [3.8, 4) is 5.75 Å². The van der Waals surface area contributed by atoms with E-state index in [1.165, 1.54) is 13.2 Å². The number of anilines is 1. The molecule has 2 bridgehead atoms. The van der Waals surface area contributed by atoms with Gasteiger partial charge in [0.1, 0.15) is 5.75 Å². The van der Waals surface area contributed by atoms with Crippen molar-refractivity contribution >= 4 is 29.4 Å². The first-order chi connectivity index (χ1) is 13.8. The van der Waals surface area contributed by atoms with E-state index in [1.54, 1.807) is 30.3 Å². The van der Waals surface area contributed by atoms with Crippen LogP contribution in [-0.2, 0) is 33.4 Å². The minimum atomic E-state index is -1.56. The van der Waals surface area contributed by atoms with E-state index in [9.17, 15) is 19.2 Å². The minimum Gasteiger partial charge on any atom is -0.497 e. The third-order valence-electron chi connectivity index (χ3n) is 5.30. The van der Waals surface area contributed by atoms with Gasteiger partial charge >= 0.3 is 11.9 Å². The number of esters is 2. The number of nitrogens with zero attached hydrogens (tertiary/aromatic N) is 1. The second kappa shape index (κ2) is 6.70. The van der Waals surface area contributed by atoms with Crippen LogP contribution < -0.4 is 9.64 Å². The maximum Gasteiger partial charge on any atom is 0.305 e. The van der Waals surface area contributed by atoms with Gasteiger partial charge in [0.05, 0.1) is 30.7 Å². The summed E-state index contributed by atoms with van der Waals surface area (Å²) in [6, 6.07) is 6.57. The van der Waals surface area contributed by atoms with Crippen LogP contribution in [-0.4, -0.2) is 48.9 Å². The molecule has 0 unspecified atom stereocenters. The first-order valence-electron chi connectivity index (χ1n) is 9.02. The van der Waals surface area contributed by atoms with Gasteiger partial charge in [-0.15, -0.1) is 0 Å². The lowest BCUT2D eigenvalue weighted by atomic mass is 9.76. The minimum absolute atomic E-state index is 0.361. The van der Waals surface area contributed by atoms with Gasteiger partial charge in [-0.05, 0) is 18.2 Å². The molecule has 3 aliphatic heterocycles. The van der Waals surface area contributed by atoms with Crippen molar-refractivity contribution in [1.29, 1.82) is 0 Å². The maximum atomic E-state index is 13.3. The summed E-state index contributed by atoms with van der Waals surface area (Å²) in [7, 11) is 1.48. The SMILES string of the molecule is COc1cccc(N2C(=O)[C@@H]3[C@H]4C=C[C@@](C(OC(C)=O)OC(C)=O)(O4)[C@H]3C2=O)c1. The fourth-order valence-electron chi connectivity index (χ4n) is 4.22. The lowest BCUT2D eigenvalue weighted by Gasteiger charge is -2.34. The molecule has 9 heteroatoms. The Balaban J connectivity index is 1.74. The van der Waals surface area contributed by atoms with Crippen molar-refractivity contribution in [2.24, 2.45) is 11.8 Å². The normalized spacial score (nSPS) is 29.4. The number of imide groups is 1. The molecule has 1 aromatic carbocycles. The molecule has 3 aliphatic rings. The molecule has 9 nitrogen and oxygen atoms in total. The first-order valence-corrected chi connectivity index (χ1v) is 9.02. The zero-order valence-electron chi connectivity index (χ0n) is 16.0. The van der Waals surface area contributed by atoms with E-state index in [1.807, 2.05) is 0 Å². The van der Waals surface area contributed by atoms with Crippen LogP contribution in [0.5, 0.6) is 5.75 Å². The van der Waals surface area contributed by atoms with E-state index in [-0.39, 0.29) is 0 Å². The zero-order valence-corrected chi connectivity index (χ0v) is 16.0. The second-order valence-corrected chi connectivity index (χ2v) is 7.06. The number of ether oxygens (including phenoxy) is 4. The van der Waals surface area contributed by atoms with Gasteiger partial charge in [0.2, 0.25) is 11.8 Å². The number of benzene rings is 1. The molecule has 0 N–H and O–H groups in total. The zero-order chi connectivity index (χ0) is 20.9. The van der Waals surface area contributed by atoms with Gasteiger partial charge in [0, 0.05) is 19.9 Å². The molecule has 3 heterocycles. The summed E-state index contributed by atoms with van der Waals surface area (Å²) in [6.45, 7) is 2.31. The number of methoxy groups -OCH3 is 1. The second-order valence-electron chi connectivity index (χ2n) is 7.06. The first kappa shape index (κ1) is 19.1. The molecule has 0 aromatic heterocycles. The molecule has 1 aromatic rings. The average Bonchev–Trinajstić information content (AvgIpc) is 3.32. The van der Waals surface area contributed by atoms with E-state index in [4.69, 9.17) is 18.9 Å². The van der Waals surface area contributed by atoms with Gasteiger partial charge in [0.25, 0.3) is 6.29 Å². The standard InChI is InChI=1S/C20H19NO8/c1-10(22)27-19(28-11(2)23)20-8-7-14(29-20)15-16(20)18(25)21(17(15)24)12-5-4-6-13(9-12)26-3/h4-9,14-16,19H,1-3H3/t14-,15-,16-,20-/m1/s1. The fraction of sp³-hybridized carbons (Fsp3) is 0.400. The van der Waals surface area contributed by atoms with E-state index >= 15 is 0 Å². The Morgan fingerprint density at radius 1 is 1.14 bits per heavy atom. The molecule has 0 saturated carbocycles. The molecule has 2 fully saturated rings. The highest BCUT2D eigenvalue weighted by Gasteiger charge is 2.72. The Hall–Kier alpha value is -3.20. The average molecular weight is 401 g/mol. The molecule has 0 aliphatic carbocycles. The molecule has 2 saturated heterocycles. The van der Waals surface area contributed by atoms with Crippen LogP contribution in [0.15, 0.2) is 36.4 Å². The van der Waals surface area contributed by atoms with E-state index in [2.05, 4.69) is 0 Å². The lowest BCUT2D eigenvalue weighted by Crippen LogP contribution is -2.52. The summed E-state index contributed by atoms with van der Waals surface area (Å²) in [4.78, 5) is 50.7. The van der Waals surface area contributed by atoms with Crippen molar-refractivity contribution < 1.29 is 38.1 Å². The summed E-state index contributed by atoms with van der Waals surface area (Å²) < 4.78 is 21.4. The number of rotatable bonds is 5. The van der Waals surface area contributed by atoms with Gasteiger partial charge < -0.3 is 18.9 Å². The van der Waals surface area contributed by atoms with Crippen LogP contribution in [0.3, 0.4) is 0 Å². The predicted octanol–water partition coefficient (Wildman–Crippen LogP) is 0.960. The predicted molar refractivity (Wildman–Crippen MR) is 96.5 cm³/mol. The third-order valence-corrected chi connectivity index (χ3v) is 5.30. The molecule has 2 amide bonds. The Morgan fingerprint density at radius 2 is 1.83 bits per heavy atom. The van der Waals surface area contributed by atoms with Crippen molar-refractivity contribution in [2.45, 2.75) is 31.8 Å². The van der Waals surface area contributed by atoms with Crippen LogP contribution >= 0.6 is 0 Å². The van der Waals surface area contributed by atoms with Crippen molar-refractivity contribution in [2.75, 3.05) is 12.0 Å².